The van der Waals surface area contributed by atoms with Gasteiger partial charge in [-0.05, 0) is 43.3 Å². The molecular weight excluding hydrogens is 480 g/mol. The van der Waals surface area contributed by atoms with Crippen molar-refractivity contribution in [2.45, 2.75) is 25.5 Å². The van der Waals surface area contributed by atoms with Crippen LogP contribution in [0.15, 0.2) is 59.3 Å². The van der Waals surface area contributed by atoms with Gasteiger partial charge in [0, 0.05) is 28.3 Å². The molecule has 4 N–H and O–H groups in total. The SMILES string of the molecule is C[C@]1(O)N=C(Nc2ccc3ncnc(Nc4ccc(OCc5nccs5)c(Cl)c4)c3c2)OC1O. The topological polar surface area (TPSA) is 134 Å². The number of hydrogen-bond acceptors (Lipinski definition) is 11. The Kier molecular flexibility index (Phi) is 5.92. The molecule has 0 aliphatic carbocycles. The Bertz CT molecular complexity index is 1370. The van der Waals surface area contributed by atoms with Crippen LogP contribution in [-0.2, 0) is 11.3 Å². The second kappa shape index (κ2) is 9.03. The molecule has 2 aromatic carbocycles. The highest BCUT2D eigenvalue weighted by molar-refractivity contribution is 7.09. The first-order valence-electron chi connectivity index (χ1n) is 10.1. The third kappa shape index (κ3) is 4.73. The molecule has 34 heavy (non-hydrogen) atoms. The molecule has 0 spiro atoms. The minimum atomic E-state index is -1.72. The van der Waals surface area contributed by atoms with E-state index < -0.39 is 12.0 Å². The van der Waals surface area contributed by atoms with E-state index in [4.69, 9.17) is 21.1 Å². The molecule has 0 fully saturated rings. The molecule has 2 atom stereocenters. The maximum Gasteiger partial charge on any atom is 0.294 e. The second-order valence-corrected chi connectivity index (χ2v) is 8.93. The number of aliphatic hydroxyl groups is 2. The van der Waals surface area contributed by atoms with Crippen molar-refractivity contribution in [3.05, 3.63) is 64.3 Å². The van der Waals surface area contributed by atoms with Gasteiger partial charge in [-0.3, -0.25) is 0 Å². The van der Waals surface area contributed by atoms with Crippen molar-refractivity contribution in [1.82, 2.24) is 15.0 Å². The van der Waals surface area contributed by atoms with Crippen molar-refractivity contribution in [2.24, 2.45) is 4.99 Å². The van der Waals surface area contributed by atoms with Gasteiger partial charge in [0.05, 0.1) is 10.5 Å². The van der Waals surface area contributed by atoms with Crippen LogP contribution in [0.4, 0.5) is 17.2 Å². The number of aliphatic hydroxyl groups excluding tert-OH is 1. The predicted octanol–water partition coefficient (Wildman–Crippen LogP) is 3.89. The van der Waals surface area contributed by atoms with Crippen LogP contribution < -0.4 is 15.4 Å². The maximum absolute atomic E-state index is 9.96. The van der Waals surface area contributed by atoms with Crippen molar-refractivity contribution in [1.29, 1.82) is 0 Å². The van der Waals surface area contributed by atoms with Gasteiger partial charge in [-0.15, -0.1) is 11.3 Å². The number of halogens is 1. The van der Waals surface area contributed by atoms with Crippen LogP contribution in [0.25, 0.3) is 10.9 Å². The Labute approximate surface area is 202 Å². The van der Waals surface area contributed by atoms with E-state index in [1.807, 2.05) is 11.4 Å². The minimum Gasteiger partial charge on any atom is -0.485 e. The summed E-state index contributed by atoms with van der Waals surface area (Å²) in [5, 5.41) is 29.8. The number of nitrogens with one attached hydrogen (secondary N) is 2. The number of aromatic nitrogens is 3. The van der Waals surface area contributed by atoms with Crippen LogP contribution in [-0.4, -0.2) is 43.2 Å². The zero-order valence-electron chi connectivity index (χ0n) is 17.8. The fourth-order valence-electron chi connectivity index (χ4n) is 3.22. The number of ether oxygens (including phenoxy) is 2. The highest BCUT2D eigenvalue weighted by Gasteiger charge is 2.39. The molecule has 10 nitrogen and oxygen atoms in total. The van der Waals surface area contributed by atoms with Crippen LogP contribution in [0.1, 0.15) is 11.9 Å². The standard InChI is InChI=1S/C22H19ClN6O4S/c1-22(31)20(30)33-21(29-22)28-12-2-4-16-14(8-12)19(26-11-25-16)27-13-3-5-17(15(23)9-13)32-10-18-24-6-7-34-18/h2-9,11,20,30-31H,10H2,1H3,(H,28,29)(H,25,26,27)/t20?,22-/m1/s1. The molecule has 12 heteroatoms. The average Bonchev–Trinajstić information content (AvgIpc) is 3.41. The summed E-state index contributed by atoms with van der Waals surface area (Å²) in [4.78, 5) is 16.8. The third-order valence-electron chi connectivity index (χ3n) is 4.93. The summed E-state index contributed by atoms with van der Waals surface area (Å²) >= 11 is 7.93. The van der Waals surface area contributed by atoms with Crippen molar-refractivity contribution in [3.8, 4) is 5.75 Å². The summed E-state index contributed by atoms with van der Waals surface area (Å²) in [6.07, 6.45) is 1.74. The summed E-state index contributed by atoms with van der Waals surface area (Å²) in [5.41, 5.74) is 0.314. The van der Waals surface area contributed by atoms with E-state index in [1.165, 1.54) is 24.6 Å². The van der Waals surface area contributed by atoms with Gasteiger partial charge in [0.25, 0.3) is 12.3 Å². The van der Waals surface area contributed by atoms with E-state index in [9.17, 15) is 10.2 Å². The first-order valence-corrected chi connectivity index (χ1v) is 11.4. The van der Waals surface area contributed by atoms with Gasteiger partial charge in [-0.2, -0.15) is 4.99 Å². The van der Waals surface area contributed by atoms with Crippen molar-refractivity contribution in [2.75, 3.05) is 10.6 Å². The molecule has 174 valence electrons. The maximum atomic E-state index is 9.96. The number of amidine groups is 1. The van der Waals surface area contributed by atoms with E-state index in [0.717, 1.165) is 10.4 Å². The van der Waals surface area contributed by atoms with E-state index >= 15 is 0 Å². The largest absolute Gasteiger partial charge is 0.485 e. The van der Waals surface area contributed by atoms with Crippen molar-refractivity contribution in [3.63, 3.8) is 0 Å². The predicted molar refractivity (Wildman–Crippen MR) is 129 cm³/mol. The van der Waals surface area contributed by atoms with Gasteiger partial charge >= 0.3 is 0 Å². The summed E-state index contributed by atoms with van der Waals surface area (Å²) in [5.74, 6) is 1.11. The third-order valence-corrected chi connectivity index (χ3v) is 5.98. The van der Waals surface area contributed by atoms with E-state index in [-0.39, 0.29) is 6.02 Å². The lowest BCUT2D eigenvalue weighted by atomic mass is 10.2. The second-order valence-electron chi connectivity index (χ2n) is 7.55. The van der Waals surface area contributed by atoms with E-state index in [2.05, 4.69) is 30.6 Å². The molecule has 3 heterocycles. The van der Waals surface area contributed by atoms with Crippen LogP contribution >= 0.6 is 22.9 Å². The molecule has 2 aromatic heterocycles. The Morgan fingerprint density at radius 3 is 2.71 bits per heavy atom. The van der Waals surface area contributed by atoms with E-state index in [0.29, 0.717) is 40.1 Å². The molecule has 0 saturated heterocycles. The molecule has 1 unspecified atom stereocenters. The van der Waals surface area contributed by atoms with Gasteiger partial charge in [-0.25, -0.2) is 15.0 Å². The fraction of sp³-hybridized carbons (Fsp3) is 0.182. The normalized spacial score (nSPS) is 19.5. The molecule has 4 aromatic rings. The monoisotopic (exact) mass is 498 g/mol. The lowest BCUT2D eigenvalue weighted by molar-refractivity contribution is -0.140. The van der Waals surface area contributed by atoms with Gasteiger partial charge in [-0.1, -0.05) is 11.6 Å². The van der Waals surface area contributed by atoms with Crippen molar-refractivity contribution < 1.29 is 19.7 Å². The molecule has 0 amide bonds. The molecule has 0 radical (unpaired) electrons. The summed E-state index contributed by atoms with van der Waals surface area (Å²) < 4.78 is 10.9. The molecule has 0 saturated carbocycles. The zero-order chi connectivity index (χ0) is 23.7. The fourth-order valence-corrected chi connectivity index (χ4v) is 3.98. The van der Waals surface area contributed by atoms with Gasteiger partial charge in [0.2, 0.25) is 5.72 Å². The van der Waals surface area contributed by atoms with Crippen LogP contribution in [0.3, 0.4) is 0 Å². The lowest BCUT2D eigenvalue weighted by Gasteiger charge is -2.15. The van der Waals surface area contributed by atoms with Crippen LogP contribution in [0, 0.1) is 0 Å². The van der Waals surface area contributed by atoms with E-state index in [1.54, 1.807) is 36.5 Å². The number of thiazole rings is 1. The smallest absolute Gasteiger partial charge is 0.294 e. The summed E-state index contributed by atoms with van der Waals surface area (Å²) in [7, 11) is 0. The number of aliphatic imine (C=N–C) groups is 1. The molecule has 1 aliphatic heterocycles. The molecule has 0 bridgehead atoms. The number of anilines is 3. The number of fused-ring (bicyclic) bond motifs is 1. The number of benzene rings is 2. The van der Waals surface area contributed by atoms with Gasteiger partial charge in [0.15, 0.2) is 0 Å². The summed E-state index contributed by atoms with van der Waals surface area (Å²) in [6, 6.07) is 10.7. The van der Waals surface area contributed by atoms with Crippen LogP contribution in [0.2, 0.25) is 5.02 Å². The quantitative estimate of drug-likeness (QED) is 0.312. The first kappa shape index (κ1) is 22.3. The minimum absolute atomic E-state index is 0.00308. The van der Waals surface area contributed by atoms with Crippen LogP contribution in [0.5, 0.6) is 5.75 Å². The molecule has 1 aliphatic rings. The van der Waals surface area contributed by atoms with Gasteiger partial charge < -0.3 is 30.3 Å². The van der Waals surface area contributed by atoms with Gasteiger partial charge in [0.1, 0.15) is 29.5 Å². The Balaban J connectivity index is 1.35. The number of rotatable bonds is 6. The highest BCUT2D eigenvalue weighted by atomic mass is 35.5. The average molecular weight is 499 g/mol. The summed E-state index contributed by atoms with van der Waals surface area (Å²) in [6.45, 7) is 1.70. The Morgan fingerprint density at radius 2 is 1.97 bits per heavy atom. The first-order chi connectivity index (χ1) is 16.4. The molecular formula is C22H19ClN6O4S. The van der Waals surface area contributed by atoms with Crippen molar-refractivity contribution >= 4 is 57.1 Å². The Morgan fingerprint density at radius 1 is 1.15 bits per heavy atom. The number of hydrogen-bond donors (Lipinski definition) is 4. The lowest BCUT2D eigenvalue weighted by Crippen LogP contribution is -2.34. The zero-order valence-corrected chi connectivity index (χ0v) is 19.3. The highest BCUT2D eigenvalue weighted by Crippen LogP contribution is 2.32. The number of nitrogens with zero attached hydrogens (tertiary/aromatic N) is 4. The molecule has 5 rings (SSSR count). The Hall–Kier alpha value is -3.51.